The molecule has 0 spiro atoms. The van der Waals surface area contributed by atoms with Crippen LogP contribution in [0.5, 0.6) is 0 Å². The molecule has 26 heavy (non-hydrogen) atoms. The molecule has 0 aliphatic carbocycles. The lowest BCUT2D eigenvalue weighted by Crippen LogP contribution is -2.17. The van der Waals surface area contributed by atoms with E-state index in [0.29, 0.717) is 0 Å². The number of rotatable bonds is 6. The van der Waals surface area contributed by atoms with Crippen LogP contribution in [0.2, 0.25) is 0 Å². The smallest absolute Gasteiger partial charge is 0.193 e. The molecule has 0 saturated heterocycles. The van der Waals surface area contributed by atoms with E-state index >= 15 is 0 Å². The topological polar surface area (TPSA) is 20.3 Å². The van der Waals surface area contributed by atoms with E-state index in [2.05, 4.69) is 56.7 Å². The quantitative estimate of drug-likeness (QED) is 0.545. The van der Waals surface area contributed by atoms with Crippen molar-refractivity contribution in [3.63, 3.8) is 0 Å². The molecule has 0 heterocycles. The summed E-state index contributed by atoms with van der Waals surface area (Å²) in [6.45, 7) is 7.90. The molecule has 0 fully saturated rings. The van der Waals surface area contributed by atoms with Gasteiger partial charge in [0, 0.05) is 29.6 Å². The Kier molecular flexibility index (Phi) is 6.95. The number of benzene rings is 2. The number of carbonyl (C=O) groups excluding carboxylic acids is 1. The second kappa shape index (κ2) is 9.17. The van der Waals surface area contributed by atoms with Crippen LogP contribution in [0.25, 0.3) is 0 Å². The van der Waals surface area contributed by atoms with Gasteiger partial charge < -0.3 is 0 Å². The van der Waals surface area contributed by atoms with Crippen LogP contribution in [-0.4, -0.2) is 24.3 Å². The Labute approximate surface area is 157 Å². The zero-order valence-electron chi connectivity index (χ0n) is 16.1. The van der Waals surface area contributed by atoms with Crippen molar-refractivity contribution in [3.05, 3.63) is 83.4 Å². The first-order valence-corrected chi connectivity index (χ1v) is 8.90. The van der Waals surface area contributed by atoms with Crippen LogP contribution < -0.4 is 0 Å². The minimum atomic E-state index is 0.0297. The average molecular weight is 345 g/mol. The Balaban J connectivity index is 1.96. The summed E-state index contributed by atoms with van der Waals surface area (Å²) in [5.74, 6) is 6.34. The zero-order valence-corrected chi connectivity index (χ0v) is 16.1. The predicted molar refractivity (Wildman–Crippen MR) is 109 cm³/mol. The highest BCUT2D eigenvalue weighted by Gasteiger charge is 2.09. The van der Waals surface area contributed by atoms with Crippen LogP contribution >= 0.6 is 0 Å². The Bertz CT molecular complexity index is 817. The third kappa shape index (κ3) is 6.70. The van der Waals surface area contributed by atoms with Crippen LogP contribution in [0.1, 0.15) is 42.3 Å². The number of allylic oxidation sites excluding steroid dienone is 1. The second-order valence-corrected chi connectivity index (χ2v) is 7.51. The number of ketones is 1. The molecule has 0 radical (unpaired) electrons. The number of hydrogen-bond donors (Lipinski definition) is 0. The van der Waals surface area contributed by atoms with E-state index in [-0.39, 0.29) is 11.2 Å². The van der Waals surface area contributed by atoms with Crippen molar-refractivity contribution < 1.29 is 4.79 Å². The van der Waals surface area contributed by atoms with Gasteiger partial charge in [0.2, 0.25) is 0 Å². The summed E-state index contributed by atoms with van der Waals surface area (Å²) in [6, 6.07) is 17.3. The van der Waals surface area contributed by atoms with Crippen molar-refractivity contribution in [1.29, 1.82) is 0 Å². The third-order valence-corrected chi connectivity index (χ3v) is 3.74. The Morgan fingerprint density at radius 3 is 2.42 bits per heavy atom. The van der Waals surface area contributed by atoms with Gasteiger partial charge >= 0.3 is 0 Å². The molecule has 2 rings (SSSR count). The molecular formula is C24H27NO. The molecule has 0 aliphatic rings. The first kappa shape index (κ1) is 19.7. The van der Waals surface area contributed by atoms with Crippen molar-refractivity contribution in [2.75, 3.05) is 13.6 Å². The number of likely N-dealkylation sites (N-methyl/N-ethyl adjacent to an activating group) is 1. The van der Waals surface area contributed by atoms with Crippen molar-refractivity contribution in [1.82, 2.24) is 4.90 Å². The molecule has 0 N–H and O–H groups in total. The third-order valence-electron chi connectivity index (χ3n) is 3.74. The van der Waals surface area contributed by atoms with Gasteiger partial charge in [-0.3, -0.25) is 9.69 Å². The van der Waals surface area contributed by atoms with E-state index in [4.69, 9.17) is 0 Å². The van der Waals surface area contributed by atoms with Gasteiger partial charge in [-0.15, -0.1) is 0 Å². The highest BCUT2D eigenvalue weighted by atomic mass is 16.1. The summed E-state index contributed by atoms with van der Waals surface area (Å²) in [6.07, 6.45) is 3.98. The van der Waals surface area contributed by atoms with E-state index in [1.54, 1.807) is 0 Å². The fourth-order valence-electron chi connectivity index (χ4n) is 2.49. The predicted octanol–water partition coefficient (Wildman–Crippen LogP) is 4.96. The van der Waals surface area contributed by atoms with Gasteiger partial charge in [0.1, 0.15) is 0 Å². The van der Waals surface area contributed by atoms with Crippen molar-refractivity contribution in [3.8, 4) is 11.8 Å². The molecule has 0 bridgehead atoms. The molecule has 0 unspecified atom stereocenters. The second-order valence-electron chi connectivity index (χ2n) is 7.51. The fraction of sp³-hybridized carbons (Fsp3) is 0.292. The summed E-state index contributed by atoms with van der Waals surface area (Å²) in [7, 11) is 2.06. The lowest BCUT2D eigenvalue weighted by atomic mass is 9.98. The molecule has 2 nitrogen and oxygen atoms in total. The average Bonchev–Trinajstić information content (AvgIpc) is 2.61. The molecule has 0 saturated carbocycles. The number of nitrogens with zero attached hydrogens (tertiary/aromatic N) is 1. The van der Waals surface area contributed by atoms with Gasteiger partial charge in [-0.05, 0) is 45.5 Å². The van der Waals surface area contributed by atoms with Gasteiger partial charge in [-0.1, -0.05) is 66.4 Å². The van der Waals surface area contributed by atoms with Crippen molar-refractivity contribution >= 4 is 5.78 Å². The molecule has 134 valence electrons. The number of hydrogen-bond acceptors (Lipinski definition) is 2. The van der Waals surface area contributed by atoms with E-state index in [1.165, 1.54) is 0 Å². The lowest BCUT2D eigenvalue weighted by molar-refractivity contribution is 0.103. The molecule has 2 aromatic carbocycles. The molecule has 0 atom stereocenters. The van der Waals surface area contributed by atoms with E-state index in [0.717, 1.165) is 29.8 Å². The molecule has 2 aromatic rings. The molecule has 0 aliphatic heterocycles. The van der Waals surface area contributed by atoms with Crippen LogP contribution in [0.15, 0.2) is 66.7 Å². The standard InChI is InChI=1S/C24H27NO/c1-24(2,3)16-9-6-10-17-25(4)19-20-12-11-15-22(18-20)23(26)21-13-7-5-8-14-21/h5-8,10-15,18H,17,19H2,1-4H3/b10-6+. The van der Waals surface area contributed by atoms with Gasteiger partial charge in [0.05, 0.1) is 0 Å². The number of carbonyl (C=O) groups is 1. The first-order chi connectivity index (χ1) is 12.3. The van der Waals surface area contributed by atoms with Gasteiger partial charge in [0.25, 0.3) is 0 Å². The van der Waals surface area contributed by atoms with Crippen LogP contribution in [0, 0.1) is 17.3 Å². The Morgan fingerprint density at radius 2 is 1.73 bits per heavy atom. The van der Waals surface area contributed by atoms with Crippen molar-refractivity contribution in [2.45, 2.75) is 27.3 Å². The summed E-state index contributed by atoms with van der Waals surface area (Å²) < 4.78 is 0. The normalized spacial score (nSPS) is 11.4. The van der Waals surface area contributed by atoms with Crippen molar-refractivity contribution in [2.24, 2.45) is 5.41 Å². The minimum absolute atomic E-state index is 0.0297. The van der Waals surface area contributed by atoms with Gasteiger partial charge in [0.15, 0.2) is 5.78 Å². The summed E-state index contributed by atoms with van der Waals surface area (Å²) in [5, 5.41) is 0. The maximum absolute atomic E-state index is 12.6. The van der Waals surface area contributed by atoms with E-state index in [1.807, 2.05) is 54.6 Å². The van der Waals surface area contributed by atoms with Crippen LogP contribution in [-0.2, 0) is 6.54 Å². The highest BCUT2D eigenvalue weighted by Crippen LogP contribution is 2.13. The minimum Gasteiger partial charge on any atom is -0.298 e. The van der Waals surface area contributed by atoms with E-state index < -0.39 is 0 Å². The largest absolute Gasteiger partial charge is 0.298 e. The molecule has 0 aromatic heterocycles. The monoisotopic (exact) mass is 345 g/mol. The molecule has 2 heteroatoms. The lowest BCUT2D eigenvalue weighted by Gasteiger charge is -2.14. The highest BCUT2D eigenvalue weighted by molar-refractivity contribution is 6.09. The maximum atomic E-state index is 12.6. The summed E-state index contributed by atoms with van der Waals surface area (Å²) >= 11 is 0. The van der Waals surface area contributed by atoms with Crippen LogP contribution in [0.3, 0.4) is 0 Å². The summed E-state index contributed by atoms with van der Waals surface area (Å²) in [5.41, 5.74) is 2.61. The first-order valence-electron chi connectivity index (χ1n) is 8.90. The Hall–Kier alpha value is -2.63. The Morgan fingerprint density at radius 1 is 1.04 bits per heavy atom. The SMILES string of the molecule is CN(C/C=C/C#CC(C)(C)C)Cc1cccc(C(=O)c2ccccc2)c1. The fourth-order valence-corrected chi connectivity index (χ4v) is 2.49. The van der Waals surface area contributed by atoms with Crippen LogP contribution in [0.4, 0.5) is 0 Å². The molecular weight excluding hydrogens is 318 g/mol. The van der Waals surface area contributed by atoms with Gasteiger partial charge in [-0.2, -0.15) is 0 Å². The molecule has 0 amide bonds. The van der Waals surface area contributed by atoms with E-state index in [9.17, 15) is 4.79 Å². The summed E-state index contributed by atoms with van der Waals surface area (Å²) in [4.78, 5) is 14.8. The zero-order chi connectivity index (χ0) is 19.0. The van der Waals surface area contributed by atoms with Gasteiger partial charge in [-0.25, -0.2) is 0 Å². The maximum Gasteiger partial charge on any atom is 0.193 e.